The Morgan fingerprint density at radius 1 is 1.25 bits per heavy atom. The van der Waals surface area contributed by atoms with Crippen LogP contribution in [0.15, 0.2) is 47.3 Å². The van der Waals surface area contributed by atoms with Crippen LogP contribution in [-0.4, -0.2) is 24.5 Å². The standard InChI is InChI=1S/C18H22N2O4/c1-3-23-11-15-6-4-5-14(9-15)10-19-17(21)13(2)20-18(22)16-7-8-24-12-16/h4-9,12-13H,3,10-11H2,1-2H3,(H,19,21)(H,20,22)/t13-/m0/s1. The Bertz CT molecular complexity index is 667. The van der Waals surface area contributed by atoms with Crippen molar-refractivity contribution in [3.8, 4) is 0 Å². The van der Waals surface area contributed by atoms with Crippen LogP contribution in [0.5, 0.6) is 0 Å². The van der Waals surface area contributed by atoms with Gasteiger partial charge in [0.1, 0.15) is 12.3 Å². The van der Waals surface area contributed by atoms with Crippen molar-refractivity contribution in [3.63, 3.8) is 0 Å². The van der Waals surface area contributed by atoms with Crippen molar-refractivity contribution in [1.29, 1.82) is 0 Å². The first-order valence-corrected chi connectivity index (χ1v) is 7.86. The lowest BCUT2D eigenvalue weighted by atomic mass is 10.1. The number of hydrogen-bond donors (Lipinski definition) is 2. The van der Waals surface area contributed by atoms with Crippen molar-refractivity contribution >= 4 is 11.8 Å². The molecule has 0 saturated heterocycles. The third kappa shape index (κ3) is 5.24. The Hall–Kier alpha value is -2.60. The molecule has 2 N–H and O–H groups in total. The van der Waals surface area contributed by atoms with E-state index in [1.807, 2.05) is 31.2 Å². The molecular formula is C18H22N2O4. The summed E-state index contributed by atoms with van der Waals surface area (Å²) in [6.07, 6.45) is 2.75. The Labute approximate surface area is 141 Å². The molecule has 128 valence electrons. The molecule has 2 aromatic rings. The average molecular weight is 330 g/mol. The van der Waals surface area contributed by atoms with E-state index in [0.717, 1.165) is 11.1 Å². The number of nitrogens with one attached hydrogen (secondary N) is 2. The molecule has 0 spiro atoms. The lowest BCUT2D eigenvalue weighted by molar-refractivity contribution is -0.122. The van der Waals surface area contributed by atoms with E-state index in [2.05, 4.69) is 10.6 Å². The molecule has 0 unspecified atom stereocenters. The molecule has 0 fully saturated rings. The van der Waals surface area contributed by atoms with Crippen LogP contribution in [0.1, 0.15) is 35.3 Å². The second-order valence-corrected chi connectivity index (χ2v) is 5.38. The van der Waals surface area contributed by atoms with E-state index in [4.69, 9.17) is 9.15 Å². The first kappa shape index (κ1) is 17.7. The molecular weight excluding hydrogens is 308 g/mol. The van der Waals surface area contributed by atoms with Crippen molar-refractivity contribution < 1.29 is 18.7 Å². The highest BCUT2D eigenvalue weighted by Gasteiger charge is 2.16. The largest absolute Gasteiger partial charge is 0.472 e. The lowest BCUT2D eigenvalue weighted by Crippen LogP contribution is -2.44. The fourth-order valence-electron chi connectivity index (χ4n) is 2.13. The first-order chi connectivity index (χ1) is 11.6. The zero-order chi connectivity index (χ0) is 17.4. The predicted octanol–water partition coefficient (Wildman–Crippen LogP) is 2.25. The van der Waals surface area contributed by atoms with Gasteiger partial charge >= 0.3 is 0 Å². The van der Waals surface area contributed by atoms with Gasteiger partial charge in [0, 0.05) is 13.2 Å². The second-order valence-electron chi connectivity index (χ2n) is 5.38. The predicted molar refractivity (Wildman–Crippen MR) is 89.3 cm³/mol. The molecule has 0 bridgehead atoms. The molecule has 1 atom stereocenters. The third-order valence-electron chi connectivity index (χ3n) is 3.46. The molecule has 1 aromatic heterocycles. The molecule has 1 aromatic carbocycles. The highest BCUT2D eigenvalue weighted by atomic mass is 16.5. The van der Waals surface area contributed by atoms with Crippen molar-refractivity contribution in [1.82, 2.24) is 10.6 Å². The summed E-state index contributed by atoms with van der Waals surface area (Å²) in [6.45, 7) is 5.19. The van der Waals surface area contributed by atoms with Crippen LogP contribution in [0.3, 0.4) is 0 Å². The van der Waals surface area contributed by atoms with Gasteiger partial charge in [-0.2, -0.15) is 0 Å². The van der Waals surface area contributed by atoms with E-state index in [0.29, 0.717) is 25.3 Å². The van der Waals surface area contributed by atoms with E-state index in [1.165, 1.54) is 12.5 Å². The van der Waals surface area contributed by atoms with Crippen LogP contribution in [0, 0.1) is 0 Å². The fraction of sp³-hybridized carbons (Fsp3) is 0.333. The van der Waals surface area contributed by atoms with Crippen molar-refractivity contribution in [2.24, 2.45) is 0 Å². The van der Waals surface area contributed by atoms with Crippen molar-refractivity contribution in [2.45, 2.75) is 33.0 Å². The molecule has 0 saturated carbocycles. The van der Waals surface area contributed by atoms with Gasteiger partial charge in [-0.05, 0) is 31.0 Å². The maximum atomic E-state index is 12.1. The van der Waals surface area contributed by atoms with Crippen LogP contribution < -0.4 is 10.6 Å². The molecule has 6 nitrogen and oxygen atoms in total. The van der Waals surface area contributed by atoms with Crippen LogP contribution >= 0.6 is 0 Å². The number of ether oxygens (including phenoxy) is 1. The third-order valence-corrected chi connectivity index (χ3v) is 3.46. The Morgan fingerprint density at radius 2 is 2.04 bits per heavy atom. The van der Waals surface area contributed by atoms with E-state index < -0.39 is 6.04 Å². The summed E-state index contributed by atoms with van der Waals surface area (Å²) in [6, 6.07) is 8.74. The fourth-order valence-corrected chi connectivity index (χ4v) is 2.13. The van der Waals surface area contributed by atoms with Gasteiger partial charge in [0.15, 0.2) is 0 Å². The van der Waals surface area contributed by atoms with Gasteiger partial charge in [0.2, 0.25) is 5.91 Å². The SMILES string of the molecule is CCOCc1cccc(CNC(=O)[C@H](C)NC(=O)c2ccoc2)c1. The summed E-state index contributed by atoms with van der Waals surface area (Å²) in [5.41, 5.74) is 2.43. The van der Waals surface area contributed by atoms with Crippen LogP contribution in [0.2, 0.25) is 0 Å². The molecule has 0 aliphatic rings. The van der Waals surface area contributed by atoms with Crippen LogP contribution in [0.25, 0.3) is 0 Å². The smallest absolute Gasteiger partial charge is 0.255 e. The van der Waals surface area contributed by atoms with Gasteiger partial charge in [-0.25, -0.2) is 0 Å². The quantitative estimate of drug-likeness (QED) is 0.778. The van der Waals surface area contributed by atoms with E-state index in [-0.39, 0.29) is 11.8 Å². The normalized spacial score (nSPS) is 11.8. The number of hydrogen-bond acceptors (Lipinski definition) is 4. The number of carbonyl (C=O) groups is 2. The number of rotatable bonds is 8. The molecule has 0 radical (unpaired) electrons. The van der Waals surface area contributed by atoms with Gasteiger partial charge in [-0.15, -0.1) is 0 Å². The van der Waals surface area contributed by atoms with Gasteiger partial charge < -0.3 is 19.8 Å². The molecule has 6 heteroatoms. The van der Waals surface area contributed by atoms with Crippen molar-refractivity contribution in [3.05, 3.63) is 59.5 Å². The second kappa shape index (κ2) is 8.88. The van der Waals surface area contributed by atoms with E-state index in [9.17, 15) is 9.59 Å². The minimum Gasteiger partial charge on any atom is -0.472 e. The molecule has 24 heavy (non-hydrogen) atoms. The Balaban J connectivity index is 1.82. The highest BCUT2D eigenvalue weighted by molar-refractivity contribution is 5.97. The number of benzene rings is 1. The van der Waals surface area contributed by atoms with E-state index in [1.54, 1.807) is 13.0 Å². The van der Waals surface area contributed by atoms with Crippen LogP contribution in [-0.2, 0) is 22.7 Å². The molecule has 2 amide bonds. The zero-order valence-corrected chi connectivity index (χ0v) is 13.9. The first-order valence-electron chi connectivity index (χ1n) is 7.86. The van der Waals surface area contributed by atoms with Gasteiger partial charge in [-0.3, -0.25) is 9.59 Å². The summed E-state index contributed by atoms with van der Waals surface area (Å²) in [4.78, 5) is 24.0. The average Bonchev–Trinajstić information content (AvgIpc) is 3.13. The summed E-state index contributed by atoms with van der Waals surface area (Å²) in [5.74, 6) is -0.591. The molecule has 2 rings (SSSR count). The maximum Gasteiger partial charge on any atom is 0.255 e. The Kier molecular flexibility index (Phi) is 6.57. The number of carbonyl (C=O) groups excluding carboxylic acids is 2. The minimum absolute atomic E-state index is 0.248. The summed E-state index contributed by atoms with van der Waals surface area (Å²) in [5, 5.41) is 5.44. The van der Waals surface area contributed by atoms with Crippen molar-refractivity contribution in [2.75, 3.05) is 6.61 Å². The van der Waals surface area contributed by atoms with Gasteiger partial charge in [0.05, 0.1) is 18.4 Å². The molecule has 0 aliphatic heterocycles. The molecule has 1 heterocycles. The maximum absolute atomic E-state index is 12.1. The monoisotopic (exact) mass is 330 g/mol. The van der Waals surface area contributed by atoms with Gasteiger partial charge in [0.25, 0.3) is 5.91 Å². The minimum atomic E-state index is -0.640. The summed E-state index contributed by atoms with van der Waals surface area (Å²) >= 11 is 0. The number of amides is 2. The zero-order valence-electron chi connectivity index (χ0n) is 13.9. The number of furan rings is 1. The topological polar surface area (TPSA) is 80.6 Å². The van der Waals surface area contributed by atoms with Crippen LogP contribution in [0.4, 0.5) is 0 Å². The lowest BCUT2D eigenvalue weighted by Gasteiger charge is -2.14. The summed E-state index contributed by atoms with van der Waals surface area (Å²) < 4.78 is 10.2. The summed E-state index contributed by atoms with van der Waals surface area (Å²) in [7, 11) is 0. The molecule has 0 aliphatic carbocycles. The Morgan fingerprint density at radius 3 is 2.75 bits per heavy atom. The van der Waals surface area contributed by atoms with E-state index >= 15 is 0 Å². The highest BCUT2D eigenvalue weighted by Crippen LogP contribution is 2.07. The van der Waals surface area contributed by atoms with Gasteiger partial charge in [-0.1, -0.05) is 24.3 Å².